The van der Waals surface area contributed by atoms with Crippen molar-refractivity contribution >= 4 is 27.3 Å². The minimum Gasteiger partial charge on any atom is -0.396 e. The number of sulfonamides is 1. The summed E-state index contributed by atoms with van der Waals surface area (Å²) in [5.41, 5.74) is 5.19. The number of nitrogens with two attached hydrogens (primary N) is 1. The summed E-state index contributed by atoms with van der Waals surface area (Å²) in [5.74, 6) is -0.727. The molecule has 21 heavy (non-hydrogen) atoms. The van der Waals surface area contributed by atoms with Crippen molar-refractivity contribution in [2.45, 2.75) is 56.9 Å². The van der Waals surface area contributed by atoms with Crippen LogP contribution in [0.25, 0.3) is 0 Å². The van der Waals surface area contributed by atoms with Crippen LogP contribution in [0, 0.1) is 5.82 Å². The van der Waals surface area contributed by atoms with Crippen molar-refractivity contribution in [2.75, 3.05) is 5.73 Å². The first kappa shape index (κ1) is 18.2. The quantitative estimate of drug-likeness (QED) is 0.711. The van der Waals surface area contributed by atoms with Gasteiger partial charge in [0.2, 0.25) is 10.0 Å². The summed E-state index contributed by atoms with van der Waals surface area (Å²) in [6, 6.07) is 1.83. The van der Waals surface area contributed by atoms with E-state index in [1.54, 1.807) is 0 Å². The van der Waals surface area contributed by atoms with Crippen molar-refractivity contribution < 1.29 is 12.8 Å². The first-order valence-electron chi connectivity index (χ1n) is 7.08. The fourth-order valence-electron chi connectivity index (χ4n) is 2.09. The Balaban J connectivity index is 3.01. The molecule has 1 unspecified atom stereocenters. The molecular weight excluding hydrogens is 315 g/mol. The molecule has 3 N–H and O–H groups in total. The lowest BCUT2D eigenvalue weighted by Crippen LogP contribution is -2.35. The molecule has 0 amide bonds. The summed E-state index contributed by atoms with van der Waals surface area (Å²) in [4.78, 5) is -0.180. The SMILES string of the molecule is CCCCC(CCC)NS(=O)(=O)c1cc(N)c(F)cc1Cl. The lowest BCUT2D eigenvalue weighted by atomic mass is 10.1. The first-order valence-corrected chi connectivity index (χ1v) is 8.94. The highest BCUT2D eigenvalue weighted by Crippen LogP contribution is 2.26. The highest BCUT2D eigenvalue weighted by atomic mass is 35.5. The Morgan fingerprint density at radius 2 is 1.95 bits per heavy atom. The largest absolute Gasteiger partial charge is 0.396 e. The summed E-state index contributed by atoms with van der Waals surface area (Å²) in [6.07, 6.45) is 4.31. The van der Waals surface area contributed by atoms with Gasteiger partial charge in [-0.05, 0) is 25.0 Å². The van der Waals surface area contributed by atoms with Gasteiger partial charge < -0.3 is 5.73 Å². The van der Waals surface area contributed by atoms with Crippen molar-refractivity contribution in [1.29, 1.82) is 0 Å². The van der Waals surface area contributed by atoms with Gasteiger partial charge in [0.15, 0.2) is 0 Å². The van der Waals surface area contributed by atoms with Gasteiger partial charge in [-0.2, -0.15) is 0 Å². The average Bonchev–Trinajstić information content (AvgIpc) is 2.40. The van der Waals surface area contributed by atoms with E-state index in [-0.39, 0.29) is 21.6 Å². The molecule has 4 nitrogen and oxygen atoms in total. The van der Waals surface area contributed by atoms with E-state index < -0.39 is 15.8 Å². The predicted molar refractivity (Wildman–Crippen MR) is 84.4 cm³/mol. The minimum atomic E-state index is -3.81. The fraction of sp³-hybridized carbons (Fsp3) is 0.571. The van der Waals surface area contributed by atoms with Crippen LogP contribution in [0.5, 0.6) is 0 Å². The van der Waals surface area contributed by atoms with Gasteiger partial charge in [0.25, 0.3) is 0 Å². The van der Waals surface area contributed by atoms with Crippen LogP contribution in [0.3, 0.4) is 0 Å². The maximum atomic E-state index is 13.3. The number of hydrogen-bond acceptors (Lipinski definition) is 3. The maximum absolute atomic E-state index is 13.3. The normalized spacial score (nSPS) is 13.3. The van der Waals surface area contributed by atoms with Gasteiger partial charge in [-0.3, -0.25) is 0 Å². The fourth-order valence-corrected chi connectivity index (χ4v) is 3.95. The maximum Gasteiger partial charge on any atom is 0.242 e. The molecule has 0 bridgehead atoms. The highest BCUT2D eigenvalue weighted by molar-refractivity contribution is 7.89. The van der Waals surface area contributed by atoms with Gasteiger partial charge in [0.1, 0.15) is 10.7 Å². The van der Waals surface area contributed by atoms with Gasteiger partial charge in [-0.15, -0.1) is 0 Å². The third-order valence-electron chi connectivity index (χ3n) is 3.21. The van der Waals surface area contributed by atoms with Crippen LogP contribution in [0.4, 0.5) is 10.1 Å². The molecule has 1 aromatic rings. The second-order valence-electron chi connectivity index (χ2n) is 5.05. The number of rotatable bonds is 8. The van der Waals surface area contributed by atoms with Gasteiger partial charge in [0.05, 0.1) is 10.7 Å². The van der Waals surface area contributed by atoms with Crippen LogP contribution in [-0.4, -0.2) is 14.5 Å². The Bertz CT molecular complexity index is 579. The molecule has 1 atom stereocenters. The van der Waals surface area contributed by atoms with Crippen LogP contribution in [0.15, 0.2) is 17.0 Å². The number of hydrogen-bond donors (Lipinski definition) is 2. The molecule has 0 heterocycles. The number of anilines is 1. The summed E-state index contributed by atoms with van der Waals surface area (Å²) in [6.45, 7) is 4.05. The molecule has 120 valence electrons. The van der Waals surface area contributed by atoms with E-state index in [0.29, 0.717) is 0 Å². The van der Waals surface area contributed by atoms with Gasteiger partial charge in [-0.1, -0.05) is 44.7 Å². The summed E-state index contributed by atoms with van der Waals surface area (Å²) >= 11 is 5.84. The van der Waals surface area contributed by atoms with Crippen molar-refractivity contribution in [1.82, 2.24) is 4.72 Å². The average molecular weight is 337 g/mol. The molecule has 0 saturated carbocycles. The monoisotopic (exact) mass is 336 g/mol. The Kier molecular flexibility index (Phi) is 6.90. The van der Waals surface area contributed by atoms with E-state index >= 15 is 0 Å². The van der Waals surface area contributed by atoms with Crippen molar-refractivity contribution in [2.24, 2.45) is 0 Å². The van der Waals surface area contributed by atoms with E-state index in [9.17, 15) is 12.8 Å². The molecule has 0 aromatic heterocycles. The third-order valence-corrected chi connectivity index (χ3v) is 5.19. The number of nitrogen functional groups attached to an aromatic ring is 1. The Hall–Kier alpha value is -0.850. The third kappa shape index (κ3) is 5.13. The number of unbranched alkanes of at least 4 members (excludes halogenated alkanes) is 1. The van der Waals surface area contributed by atoms with E-state index in [1.165, 1.54) is 0 Å². The second-order valence-corrected chi connectivity index (χ2v) is 7.14. The molecule has 0 spiro atoms. The van der Waals surface area contributed by atoms with Crippen molar-refractivity contribution in [3.63, 3.8) is 0 Å². The number of benzene rings is 1. The van der Waals surface area contributed by atoms with E-state index in [4.69, 9.17) is 17.3 Å². The van der Waals surface area contributed by atoms with E-state index in [0.717, 1.165) is 44.2 Å². The molecule has 1 rings (SSSR count). The zero-order valence-electron chi connectivity index (χ0n) is 12.3. The zero-order chi connectivity index (χ0) is 16.0. The van der Waals surface area contributed by atoms with E-state index in [2.05, 4.69) is 11.6 Å². The Morgan fingerprint density at radius 1 is 1.29 bits per heavy atom. The zero-order valence-corrected chi connectivity index (χ0v) is 13.9. The summed E-state index contributed by atoms with van der Waals surface area (Å²) < 4.78 is 40.7. The van der Waals surface area contributed by atoms with Crippen molar-refractivity contribution in [3.8, 4) is 0 Å². The predicted octanol–water partition coefficient (Wildman–Crippen LogP) is 3.70. The molecule has 0 aliphatic rings. The molecular formula is C14H22ClFN2O2S. The second kappa shape index (κ2) is 7.96. The van der Waals surface area contributed by atoms with Crippen LogP contribution < -0.4 is 10.5 Å². The topological polar surface area (TPSA) is 72.2 Å². The van der Waals surface area contributed by atoms with Crippen LogP contribution in [-0.2, 0) is 10.0 Å². The molecule has 0 radical (unpaired) electrons. The van der Waals surface area contributed by atoms with Crippen LogP contribution >= 0.6 is 11.6 Å². The highest BCUT2D eigenvalue weighted by Gasteiger charge is 2.23. The molecule has 0 saturated heterocycles. The number of halogens is 2. The molecule has 0 aliphatic carbocycles. The van der Waals surface area contributed by atoms with Gasteiger partial charge in [0, 0.05) is 6.04 Å². The Labute approximate surface area is 130 Å². The number of nitrogens with one attached hydrogen (secondary N) is 1. The summed E-state index contributed by atoms with van der Waals surface area (Å²) in [7, 11) is -3.81. The van der Waals surface area contributed by atoms with Crippen LogP contribution in [0.2, 0.25) is 5.02 Å². The summed E-state index contributed by atoms with van der Waals surface area (Å²) in [5, 5.41) is -0.167. The lowest BCUT2D eigenvalue weighted by molar-refractivity contribution is 0.483. The van der Waals surface area contributed by atoms with Gasteiger partial charge in [-0.25, -0.2) is 17.5 Å². The molecule has 1 aromatic carbocycles. The molecule has 0 fully saturated rings. The Morgan fingerprint density at radius 3 is 2.52 bits per heavy atom. The van der Waals surface area contributed by atoms with E-state index in [1.807, 2.05) is 6.92 Å². The standard InChI is InChI=1S/C14H22ClFN2O2S/c1-3-5-7-10(6-4-2)18-21(19,20)14-9-13(17)12(16)8-11(14)15/h8-10,18H,3-7,17H2,1-2H3. The first-order chi connectivity index (χ1) is 9.81. The smallest absolute Gasteiger partial charge is 0.242 e. The van der Waals surface area contributed by atoms with Crippen molar-refractivity contribution in [3.05, 3.63) is 23.0 Å². The molecule has 0 aliphatic heterocycles. The lowest BCUT2D eigenvalue weighted by Gasteiger charge is -2.18. The van der Waals surface area contributed by atoms with Gasteiger partial charge >= 0.3 is 0 Å². The molecule has 7 heteroatoms. The minimum absolute atomic E-state index is 0.151. The van der Waals surface area contributed by atoms with Crippen LogP contribution in [0.1, 0.15) is 46.0 Å².